The van der Waals surface area contributed by atoms with Gasteiger partial charge in [-0.1, -0.05) is 15.9 Å². The molecule has 2 radical (unpaired) electrons. The van der Waals surface area contributed by atoms with Crippen LogP contribution >= 0.6 is 15.9 Å². The van der Waals surface area contributed by atoms with Gasteiger partial charge in [-0.25, -0.2) is 0 Å². The number of alkyl halides is 3. The van der Waals surface area contributed by atoms with Crippen molar-refractivity contribution in [2.45, 2.75) is 6.18 Å². The molecule has 0 aromatic heterocycles. The SMILES string of the molecule is FC(F)(F)[C]Br. The Kier molecular flexibility index (Phi) is 1.90. The van der Waals surface area contributed by atoms with Crippen molar-refractivity contribution in [3.05, 3.63) is 5.33 Å². The molecule has 4 heteroatoms. The van der Waals surface area contributed by atoms with Crippen molar-refractivity contribution in [1.29, 1.82) is 0 Å². The molecule has 0 bridgehead atoms. The van der Waals surface area contributed by atoms with Gasteiger partial charge in [-0.3, -0.25) is 0 Å². The number of hydrogen-bond donors (Lipinski definition) is 0. The normalized spacial score (nSPS) is 12.0. The van der Waals surface area contributed by atoms with Crippen LogP contribution in [0.5, 0.6) is 0 Å². The second-order valence-electron chi connectivity index (χ2n) is 0.592. The lowest BCUT2D eigenvalue weighted by Crippen LogP contribution is -2.01. The van der Waals surface area contributed by atoms with Crippen molar-refractivity contribution < 1.29 is 13.2 Å². The smallest absolute Gasteiger partial charge is 0.169 e. The van der Waals surface area contributed by atoms with Crippen molar-refractivity contribution in [3.8, 4) is 0 Å². The van der Waals surface area contributed by atoms with E-state index in [0.717, 1.165) is 5.33 Å². The maximum Gasteiger partial charge on any atom is 0.407 e. The predicted molar refractivity (Wildman–Crippen MR) is 18.2 cm³/mol. The van der Waals surface area contributed by atoms with E-state index in [4.69, 9.17) is 0 Å². The molecule has 0 saturated carbocycles. The highest BCUT2D eigenvalue weighted by molar-refractivity contribution is 9.10. The largest absolute Gasteiger partial charge is 0.407 e. The molecule has 0 amide bonds. The summed E-state index contributed by atoms with van der Waals surface area (Å²) in [7, 11) is 0. The van der Waals surface area contributed by atoms with E-state index in [1.807, 2.05) is 15.9 Å². The van der Waals surface area contributed by atoms with Gasteiger partial charge in [0.15, 0.2) is 5.33 Å². The summed E-state index contributed by atoms with van der Waals surface area (Å²) in [6.45, 7) is 0. The van der Waals surface area contributed by atoms with Crippen LogP contribution in [-0.4, -0.2) is 6.18 Å². The topological polar surface area (TPSA) is 0 Å². The van der Waals surface area contributed by atoms with Gasteiger partial charge in [-0.15, -0.1) is 0 Å². The first-order valence-electron chi connectivity index (χ1n) is 1.01. The van der Waals surface area contributed by atoms with Crippen molar-refractivity contribution in [2.24, 2.45) is 0 Å². The third-order valence-electron chi connectivity index (χ3n) is 0.107. The zero-order valence-corrected chi connectivity index (χ0v) is 4.10. The van der Waals surface area contributed by atoms with Crippen LogP contribution in [-0.2, 0) is 0 Å². The number of halogens is 4. The van der Waals surface area contributed by atoms with Gasteiger partial charge in [0.2, 0.25) is 0 Å². The molecule has 0 aromatic rings. The molecule has 0 aliphatic carbocycles. The Morgan fingerprint density at radius 2 is 1.50 bits per heavy atom. The molecular weight excluding hydrogens is 161 g/mol. The van der Waals surface area contributed by atoms with Crippen LogP contribution in [0.1, 0.15) is 0 Å². The molecule has 36 valence electrons. The first-order valence-corrected chi connectivity index (χ1v) is 1.80. The highest BCUT2D eigenvalue weighted by atomic mass is 79.9. The summed E-state index contributed by atoms with van der Waals surface area (Å²) >= 11 is 1.99. The molecular formula is C2BrF3. The molecule has 0 aromatic carbocycles. The highest BCUT2D eigenvalue weighted by Gasteiger charge is 2.25. The number of hydrogen-bond acceptors (Lipinski definition) is 0. The van der Waals surface area contributed by atoms with Gasteiger partial charge in [-0.05, 0) is 0 Å². The summed E-state index contributed by atoms with van der Waals surface area (Å²) in [5.74, 6) is 0. The van der Waals surface area contributed by atoms with E-state index < -0.39 is 6.18 Å². The van der Waals surface area contributed by atoms with E-state index >= 15 is 0 Å². The maximum absolute atomic E-state index is 10.6. The van der Waals surface area contributed by atoms with E-state index in [1.54, 1.807) is 0 Å². The van der Waals surface area contributed by atoms with Gasteiger partial charge < -0.3 is 0 Å². The molecule has 0 atom stereocenters. The molecule has 6 heavy (non-hydrogen) atoms. The van der Waals surface area contributed by atoms with Crippen molar-refractivity contribution in [1.82, 2.24) is 0 Å². The quantitative estimate of drug-likeness (QED) is 0.509. The lowest BCUT2D eigenvalue weighted by molar-refractivity contribution is -0.0862. The van der Waals surface area contributed by atoms with Crippen molar-refractivity contribution in [3.63, 3.8) is 0 Å². The monoisotopic (exact) mass is 160 g/mol. The average Bonchev–Trinajstić information content (AvgIpc) is 1.35. The fourth-order valence-corrected chi connectivity index (χ4v) is 0. The van der Waals surface area contributed by atoms with E-state index in [-0.39, 0.29) is 0 Å². The summed E-state index contributed by atoms with van der Waals surface area (Å²) < 4.78 is 31.9. The third-order valence-corrected chi connectivity index (χ3v) is 0.557. The van der Waals surface area contributed by atoms with Gasteiger partial charge in [0.05, 0.1) is 0 Å². The Bertz CT molecular complexity index is 38.5. The highest BCUT2D eigenvalue weighted by Crippen LogP contribution is 2.20. The third kappa shape index (κ3) is 4.27. The summed E-state index contributed by atoms with van der Waals surface area (Å²) in [6, 6.07) is 0. The summed E-state index contributed by atoms with van der Waals surface area (Å²) in [4.78, 5) is 0. The molecule has 0 heterocycles. The number of rotatable bonds is 0. The zero-order valence-electron chi connectivity index (χ0n) is 2.51. The van der Waals surface area contributed by atoms with Gasteiger partial charge in [0, 0.05) is 0 Å². The Morgan fingerprint density at radius 1 is 1.33 bits per heavy atom. The molecule has 0 nitrogen and oxygen atoms in total. The zero-order chi connectivity index (χ0) is 5.21. The molecule has 0 saturated heterocycles. The Balaban J connectivity index is 3.17. The van der Waals surface area contributed by atoms with Gasteiger partial charge in [0.1, 0.15) is 0 Å². The van der Waals surface area contributed by atoms with Gasteiger partial charge in [-0.2, -0.15) is 13.2 Å². The first-order chi connectivity index (χ1) is 2.56. The Morgan fingerprint density at radius 3 is 1.50 bits per heavy atom. The van der Waals surface area contributed by atoms with Crippen LogP contribution in [0.25, 0.3) is 0 Å². The Hall–Kier alpha value is 0.270. The minimum absolute atomic E-state index is 0.917. The fraction of sp³-hybridized carbons (Fsp3) is 0.500. The molecule has 0 spiro atoms. The second kappa shape index (κ2) is 1.82. The van der Waals surface area contributed by atoms with Crippen LogP contribution in [0.4, 0.5) is 13.2 Å². The van der Waals surface area contributed by atoms with E-state index in [9.17, 15) is 13.2 Å². The second-order valence-corrected chi connectivity index (χ2v) is 0.989. The van der Waals surface area contributed by atoms with Crippen molar-refractivity contribution >= 4 is 15.9 Å². The van der Waals surface area contributed by atoms with E-state index in [0.29, 0.717) is 0 Å². The van der Waals surface area contributed by atoms with Crippen LogP contribution in [0.2, 0.25) is 0 Å². The standard InChI is InChI=1S/C2BrF3/c3-1-2(4,5)6. The predicted octanol–water partition coefficient (Wildman–Crippen LogP) is 1.98. The van der Waals surface area contributed by atoms with E-state index in [2.05, 4.69) is 0 Å². The van der Waals surface area contributed by atoms with Gasteiger partial charge in [0.25, 0.3) is 0 Å². The minimum Gasteiger partial charge on any atom is -0.169 e. The average molecular weight is 161 g/mol. The molecule has 0 aliphatic rings. The van der Waals surface area contributed by atoms with Crippen LogP contribution in [0, 0.1) is 5.33 Å². The fourth-order valence-electron chi connectivity index (χ4n) is 0. The summed E-state index contributed by atoms with van der Waals surface area (Å²) in [5.41, 5.74) is 0. The summed E-state index contributed by atoms with van der Waals surface area (Å²) in [6.07, 6.45) is -4.29. The van der Waals surface area contributed by atoms with Crippen molar-refractivity contribution in [2.75, 3.05) is 0 Å². The minimum atomic E-state index is -4.29. The molecule has 0 unspecified atom stereocenters. The molecule has 0 N–H and O–H groups in total. The van der Waals surface area contributed by atoms with Crippen LogP contribution in [0.15, 0.2) is 0 Å². The first kappa shape index (κ1) is 6.27. The van der Waals surface area contributed by atoms with Crippen LogP contribution in [0.3, 0.4) is 0 Å². The van der Waals surface area contributed by atoms with Gasteiger partial charge >= 0.3 is 6.18 Å². The lowest BCUT2D eigenvalue weighted by atomic mass is 10.8. The lowest BCUT2D eigenvalue weighted by Gasteiger charge is -1.93. The molecule has 0 aliphatic heterocycles. The summed E-state index contributed by atoms with van der Waals surface area (Å²) in [5, 5.41) is 0.917. The maximum atomic E-state index is 10.6. The van der Waals surface area contributed by atoms with E-state index in [1.165, 1.54) is 0 Å². The molecule has 0 rings (SSSR count). The Labute approximate surface area is 41.5 Å². The molecule has 0 fully saturated rings. The van der Waals surface area contributed by atoms with Crippen LogP contribution < -0.4 is 0 Å².